The molecule has 1 N–H and O–H groups in total. The van der Waals surface area contributed by atoms with E-state index in [1.807, 2.05) is 19.1 Å². The molecule has 0 spiro atoms. The minimum atomic E-state index is 0.513. The highest BCUT2D eigenvalue weighted by atomic mass is 32.1. The van der Waals surface area contributed by atoms with Gasteiger partial charge < -0.3 is 0 Å². The molecule has 2 nitrogen and oxygen atoms in total. The van der Waals surface area contributed by atoms with E-state index in [-0.39, 0.29) is 0 Å². The van der Waals surface area contributed by atoms with Crippen molar-refractivity contribution in [1.29, 1.82) is 5.41 Å². The molecule has 0 fully saturated rings. The Balaban J connectivity index is 2.49. The molecule has 0 aromatic heterocycles. The molecule has 0 bridgehead atoms. The number of nitrogens with one attached hydrogen (secondary N) is 1. The number of nitrogens with zero attached hydrogens (tertiary/aromatic N) is 1. The van der Waals surface area contributed by atoms with Crippen LogP contribution in [0, 0.1) is 19.3 Å². The first kappa shape index (κ1) is 10.4. The molecule has 1 aromatic rings. The lowest BCUT2D eigenvalue weighted by Crippen LogP contribution is -2.07. The van der Waals surface area contributed by atoms with Gasteiger partial charge in [0.15, 0.2) is 0 Å². The molecular weight excluding hydrogens is 228 g/mol. The first-order chi connectivity index (χ1) is 8.13. The zero-order valence-corrected chi connectivity index (χ0v) is 10.6. The van der Waals surface area contributed by atoms with Gasteiger partial charge in [-0.25, -0.2) is 4.98 Å². The summed E-state index contributed by atoms with van der Waals surface area (Å²) in [5, 5.41) is 8.48. The predicted octanol–water partition coefficient (Wildman–Crippen LogP) is 3.50. The van der Waals surface area contributed by atoms with Crippen LogP contribution in [0.4, 0.5) is 0 Å². The normalized spacial score (nSPS) is 11.2. The second kappa shape index (κ2) is 3.64. The summed E-state index contributed by atoms with van der Waals surface area (Å²) in [7, 11) is 0. The topological polar surface area (TPSA) is 36.7 Å². The molecule has 17 heavy (non-hydrogen) atoms. The van der Waals surface area contributed by atoms with Gasteiger partial charge in [-0.1, -0.05) is 6.07 Å². The first-order valence-electron chi connectivity index (χ1n) is 5.50. The van der Waals surface area contributed by atoms with Gasteiger partial charge in [-0.05, 0) is 49.2 Å². The average Bonchev–Trinajstić information content (AvgIpc) is 2.26. The van der Waals surface area contributed by atoms with E-state index in [0.717, 1.165) is 21.7 Å². The van der Waals surface area contributed by atoms with E-state index in [2.05, 4.69) is 30.1 Å². The zero-order valence-electron chi connectivity index (χ0n) is 9.74. The Kier molecular flexibility index (Phi) is 2.23. The highest BCUT2D eigenvalue weighted by molar-refractivity contribution is 7.21. The molecule has 1 aromatic carbocycles. The van der Waals surface area contributed by atoms with Gasteiger partial charge in [0.1, 0.15) is 5.69 Å². The van der Waals surface area contributed by atoms with Crippen LogP contribution < -0.4 is 5.36 Å². The molecule has 0 saturated carbocycles. The van der Waals surface area contributed by atoms with Crippen LogP contribution in [-0.4, -0.2) is 4.98 Å². The van der Waals surface area contributed by atoms with Gasteiger partial charge in [0.05, 0.1) is 20.5 Å². The molecule has 0 unspecified atom stereocenters. The van der Waals surface area contributed by atoms with Gasteiger partial charge in [0.2, 0.25) is 0 Å². The van der Waals surface area contributed by atoms with Gasteiger partial charge in [0.25, 0.3) is 0 Å². The Morgan fingerprint density at radius 3 is 2.71 bits per heavy atom. The van der Waals surface area contributed by atoms with Gasteiger partial charge in [-0.15, -0.1) is 11.3 Å². The Hall–Kier alpha value is -1.74. The Morgan fingerprint density at radius 1 is 1.06 bits per heavy atom. The summed E-state index contributed by atoms with van der Waals surface area (Å²) in [6.07, 6.45) is 0. The van der Waals surface area contributed by atoms with Crippen molar-refractivity contribution in [2.45, 2.75) is 13.8 Å². The summed E-state index contributed by atoms with van der Waals surface area (Å²) in [6, 6.07) is 10.2. The van der Waals surface area contributed by atoms with Gasteiger partial charge in [0, 0.05) is 0 Å². The molecule has 1 heterocycles. The van der Waals surface area contributed by atoms with E-state index in [9.17, 15) is 0 Å². The summed E-state index contributed by atoms with van der Waals surface area (Å²) in [5.74, 6) is 0. The van der Waals surface area contributed by atoms with E-state index in [0.29, 0.717) is 5.36 Å². The number of aryl methyl sites for hydroxylation is 2. The van der Waals surface area contributed by atoms with Crippen molar-refractivity contribution in [2.75, 3.05) is 0 Å². The third-order valence-electron chi connectivity index (χ3n) is 2.79. The number of benzene rings is 2. The summed E-state index contributed by atoms with van der Waals surface area (Å²) in [4.78, 5) is 5.67. The summed E-state index contributed by atoms with van der Waals surface area (Å²) in [5.41, 5.74) is 4.14. The van der Waals surface area contributed by atoms with Crippen molar-refractivity contribution in [2.24, 2.45) is 0 Å². The zero-order chi connectivity index (χ0) is 12.0. The second-order valence-corrected chi connectivity index (χ2v) is 5.43. The summed E-state index contributed by atoms with van der Waals surface area (Å²) in [6.45, 7) is 4.10. The SMILES string of the molecule is Cc1cc2sc3cc(C)ccc3nc-2c(=N)c1. The van der Waals surface area contributed by atoms with E-state index in [4.69, 9.17) is 5.41 Å². The van der Waals surface area contributed by atoms with E-state index in [1.165, 1.54) is 10.3 Å². The number of hydrogen-bond acceptors (Lipinski definition) is 3. The third-order valence-corrected chi connectivity index (χ3v) is 3.86. The highest BCUT2D eigenvalue weighted by Crippen LogP contribution is 2.29. The third kappa shape index (κ3) is 1.72. The Morgan fingerprint density at radius 2 is 1.88 bits per heavy atom. The van der Waals surface area contributed by atoms with Crippen molar-refractivity contribution in [3.05, 3.63) is 46.8 Å². The van der Waals surface area contributed by atoms with Crippen LogP contribution in [0.25, 0.3) is 20.8 Å². The molecule has 0 saturated heterocycles. The van der Waals surface area contributed by atoms with Gasteiger partial charge in [-0.2, -0.15) is 0 Å². The predicted molar refractivity (Wildman–Crippen MR) is 71.6 cm³/mol. The number of aromatic nitrogens is 1. The first-order valence-corrected chi connectivity index (χ1v) is 6.31. The van der Waals surface area contributed by atoms with E-state index in [1.54, 1.807) is 11.3 Å². The molecule has 1 aliphatic carbocycles. The van der Waals surface area contributed by atoms with Gasteiger partial charge >= 0.3 is 0 Å². The van der Waals surface area contributed by atoms with Crippen molar-refractivity contribution < 1.29 is 0 Å². The molecule has 0 atom stereocenters. The van der Waals surface area contributed by atoms with Gasteiger partial charge in [-0.3, -0.25) is 5.41 Å². The molecule has 3 heteroatoms. The van der Waals surface area contributed by atoms with E-state index >= 15 is 0 Å². The lowest BCUT2D eigenvalue weighted by Gasteiger charge is -2.07. The smallest absolute Gasteiger partial charge is 0.106 e. The number of rotatable bonds is 0. The minimum Gasteiger partial charge on any atom is -0.299 e. The average molecular weight is 240 g/mol. The highest BCUT2D eigenvalue weighted by Gasteiger charge is 2.09. The van der Waals surface area contributed by atoms with E-state index < -0.39 is 0 Å². The monoisotopic (exact) mass is 240 g/mol. The fourth-order valence-corrected chi connectivity index (χ4v) is 3.17. The largest absolute Gasteiger partial charge is 0.299 e. The number of fused-ring (bicyclic) bond motifs is 2. The molecule has 3 rings (SSSR count). The maximum atomic E-state index is 7.97. The molecular formula is C14H12N2S. The van der Waals surface area contributed by atoms with Crippen LogP contribution >= 0.6 is 11.3 Å². The molecule has 1 aliphatic heterocycles. The maximum Gasteiger partial charge on any atom is 0.106 e. The lowest BCUT2D eigenvalue weighted by atomic mass is 10.1. The Labute approximate surface area is 103 Å². The molecule has 84 valence electrons. The van der Waals surface area contributed by atoms with Crippen molar-refractivity contribution >= 4 is 21.6 Å². The van der Waals surface area contributed by atoms with Crippen LogP contribution in [0.2, 0.25) is 0 Å². The van der Waals surface area contributed by atoms with Crippen LogP contribution in [0.5, 0.6) is 0 Å². The number of hydrogen-bond donors (Lipinski definition) is 1. The molecule has 2 aliphatic rings. The van der Waals surface area contributed by atoms with Crippen LogP contribution in [0.1, 0.15) is 11.1 Å². The fraction of sp³-hybridized carbons (Fsp3) is 0.143. The minimum absolute atomic E-state index is 0.513. The Bertz CT molecular complexity index is 743. The van der Waals surface area contributed by atoms with Crippen LogP contribution in [-0.2, 0) is 0 Å². The van der Waals surface area contributed by atoms with Crippen LogP contribution in [0.15, 0.2) is 30.3 Å². The van der Waals surface area contributed by atoms with Crippen molar-refractivity contribution in [3.63, 3.8) is 0 Å². The summed E-state index contributed by atoms with van der Waals surface area (Å²) < 4.78 is 1.18. The van der Waals surface area contributed by atoms with Crippen molar-refractivity contribution in [3.8, 4) is 10.6 Å². The maximum absolute atomic E-state index is 7.97. The fourth-order valence-electron chi connectivity index (χ4n) is 1.97. The standard InChI is InChI=1S/C14H12N2S/c1-8-3-4-11-12(6-8)17-13-7-9(2)5-10(15)14(13)16-11/h3-7,15H,1-2H3. The summed E-state index contributed by atoms with van der Waals surface area (Å²) >= 11 is 1.71. The molecule has 0 radical (unpaired) electrons. The van der Waals surface area contributed by atoms with Crippen LogP contribution in [0.3, 0.4) is 0 Å². The quantitative estimate of drug-likeness (QED) is 0.600. The lowest BCUT2D eigenvalue weighted by molar-refractivity contribution is 1.21. The molecule has 0 amide bonds. The second-order valence-electron chi connectivity index (χ2n) is 4.34. The van der Waals surface area contributed by atoms with Crippen molar-refractivity contribution in [1.82, 2.24) is 4.98 Å².